The van der Waals surface area contributed by atoms with Crippen molar-refractivity contribution >= 4 is 17.7 Å². The van der Waals surface area contributed by atoms with Crippen molar-refractivity contribution in [2.75, 3.05) is 60.2 Å². The molecule has 0 aromatic heterocycles. The number of rotatable bonds is 27. The molecule has 7 N–H and O–H groups in total. The summed E-state index contributed by atoms with van der Waals surface area (Å²) >= 11 is 0. The number of ether oxygens (including phenoxy) is 2. The smallest absolute Gasteiger partial charge is 0.242 e. The van der Waals surface area contributed by atoms with E-state index in [9.17, 15) is 14.4 Å². The number of methoxy groups -OCH3 is 1. The van der Waals surface area contributed by atoms with Crippen LogP contribution in [0.4, 0.5) is 0 Å². The van der Waals surface area contributed by atoms with Crippen molar-refractivity contribution in [3.05, 3.63) is 0 Å². The van der Waals surface area contributed by atoms with E-state index in [-0.39, 0.29) is 40.4 Å². The summed E-state index contributed by atoms with van der Waals surface area (Å²) in [5.74, 6) is -0.408. The minimum atomic E-state index is -0.693. The minimum absolute atomic E-state index is 0.000696. The van der Waals surface area contributed by atoms with E-state index >= 15 is 0 Å². The Kier molecular flexibility index (Phi) is 24.2. The average Bonchev–Trinajstić information content (AvgIpc) is 2.96. The number of carbonyl (C=O) groups is 3. The summed E-state index contributed by atoms with van der Waals surface area (Å²) in [6.07, 6.45) is 7.05. The molecule has 0 aliphatic rings. The molecule has 0 heterocycles. The molecule has 3 unspecified atom stereocenters. The van der Waals surface area contributed by atoms with E-state index in [1.807, 2.05) is 27.8 Å². The van der Waals surface area contributed by atoms with E-state index in [4.69, 9.17) is 9.47 Å². The van der Waals surface area contributed by atoms with Crippen molar-refractivity contribution in [3.63, 3.8) is 0 Å². The molecule has 0 rings (SSSR count). The average molecular weight is 686 g/mol. The Morgan fingerprint density at radius 3 is 1.54 bits per heavy atom. The summed E-state index contributed by atoms with van der Waals surface area (Å²) in [6, 6.07) is -1.38. The van der Waals surface area contributed by atoms with Crippen LogP contribution in [0.3, 0.4) is 0 Å². The first-order valence-electron chi connectivity index (χ1n) is 18.3. The van der Waals surface area contributed by atoms with Gasteiger partial charge >= 0.3 is 0 Å². The van der Waals surface area contributed by atoms with Crippen molar-refractivity contribution in [1.82, 2.24) is 37.2 Å². The number of unbranched alkanes of at least 4 members (excludes halogenated alkanes) is 3. The first kappa shape index (κ1) is 46.2. The second-order valence-electron chi connectivity index (χ2n) is 15.9. The second-order valence-corrected chi connectivity index (χ2v) is 15.9. The fourth-order valence-corrected chi connectivity index (χ4v) is 5.13. The molecule has 0 radical (unpaired) electrons. The third kappa shape index (κ3) is 27.0. The molecule has 0 saturated carbocycles. The normalized spacial score (nSPS) is 14.3. The van der Waals surface area contributed by atoms with E-state index in [0.717, 1.165) is 45.2 Å². The van der Waals surface area contributed by atoms with Gasteiger partial charge in [0.25, 0.3) is 0 Å². The highest BCUT2D eigenvalue weighted by molar-refractivity contribution is 5.89. The van der Waals surface area contributed by atoms with Crippen molar-refractivity contribution < 1.29 is 23.9 Å². The zero-order valence-electron chi connectivity index (χ0n) is 32.6. The topological polar surface area (TPSA) is 154 Å². The molecule has 0 fully saturated rings. The molecule has 12 nitrogen and oxygen atoms in total. The van der Waals surface area contributed by atoms with E-state index in [1.54, 1.807) is 7.11 Å². The van der Waals surface area contributed by atoms with Crippen LogP contribution in [0.25, 0.3) is 0 Å². The summed E-state index contributed by atoms with van der Waals surface area (Å²) < 4.78 is 10.5. The maximum absolute atomic E-state index is 13.6. The lowest BCUT2D eigenvalue weighted by molar-refractivity contribution is -0.130. The molecule has 0 saturated heterocycles. The van der Waals surface area contributed by atoms with Crippen LogP contribution >= 0.6 is 0 Å². The lowest BCUT2D eigenvalue weighted by Crippen LogP contribution is -2.56. The Balaban J connectivity index is 5.30. The summed E-state index contributed by atoms with van der Waals surface area (Å²) in [4.78, 5) is 40.0. The highest BCUT2D eigenvalue weighted by Gasteiger charge is 2.28. The third-order valence-electron chi connectivity index (χ3n) is 7.42. The third-order valence-corrected chi connectivity index (χ3v) is 7.42. The highest BCUT2D eigenvalue weighted by atomic mass is 16.5. The Bertz CT molecular complexity index is 868. The number of nitrogens with one attached hydrogen (secondary N) is 7. The van der Waals surface area contributed by atoms with Gasteiger partial charge in [0.2, 0.25) is 17.7 Å². The monoisotopic (exact) mass is 686 g/mol. The molecule has 0 aromatic rings. The second kappa shape index (κ2) is 25.2. The van der Waals surface area contributed by atoms with Gasteiger partial charge in [-0.15, -0.1) is 0 Å². The van der Waals surface area contributed by atoms with Crippen LogP contribution in [-0.4, -0.2) is 113 Å². The zero-order chi connectivity index (χ0) is 36.6. The summed E-state index contributed by atoms with van der Waals surface area (Å²) in [6.45, 7) is 22.7. The van der Waals surface area contributed by atoms with E-state index < -0.39 is 12.1 Å². The van der Waals surface area contributed by atoms with Crippen LogP contribution in [0.15, 0.2) is 0 Å². The quantitative estimate of drug-likeness (QED) is 0.0647. The molecule has 0 bridgehead atoms. The minimum Gasteiger partial charge on any atom is -0.382 e. The van der Waals surface area contributed by atoms with E-state index in [1.165, 1.54) is 0 Å². The van der Waals surface area contributed by atoms with Gasteiger partial charge in [0, 0.05) is 36.8 Å². The highest BCUT2D eigenvalue weighted by Crippen LogP contribution is 2.11. The van der Waals surface area contributed by atoms with Crippen LogP contribution in [0.1, 0.15) is 120 Å². The molecular weight excluding hydrogens is 610 g/mol. The SMILES string of the molecule is CNCCCCC(NC(C)(C)C)C(=O)NCCCCC(NC(=O)C(CCCCNC(C)(C)C)NC(C)(C)C)C(=O)NCCOCCOC. The fraction of sp³-hybridized carbons (Fsp3) is 0.917. The van der Waals surface area contributed by atoms with E-state index in [0.29, 0.717) is 58.6 Å². The molecule has 0 aliphatic heterocycles. The van der Waals surface area contributed by atoms with Crippen molar-refractivity contribution in [3.8, 4) is 0 Å². The van der Waals surface area contributed by atoms with Gasteiger partial charge in [0.1, 0.15) is 6.04 Å². The first-order valence-corrected chi connectivity index (χ1v) is 18.3. The molecular formula is C36H75N7O5. The van der Waals surface area contributed by atoms with Crippen LogP contribution in [0.2, 0.25) is 0 Å². The predicted molar refractivity (Wildman–Crippen MR) is 197 cm³/mol. The first-order chi connectivity index (χ1) is 22.4. The molecule has 12 heteroatoms. The maximum Gasteiger partial charge on any atom is 0.242 e. The Labute approximate surface area is 293 Å². The van der Waals surface area contributed by atoms with Crippen molar-refractivity contribution in [2.45, 2.75) is 155 Å². The zero-order valence-corrected chi connectivity index (χ0v) is 32.6. The summed E-state index contributed by atoms with van der Waals surface area (Å²) in [5, 5.41) is 22.6. The maximum atomic E-state index is 13.6. The number of hydrogen-bond acceptors (Lipinski definition) is 9. The Morgan fingerprint density at radius 1 is 0.542 bits per heavy atom. The molecule has 0 aliphatic carbocycles. The van der Waals surface area contributed by atoms with Gasteiger partial charge in [0.05, 0.1) is 31.9 Å². The molecule has 0 spiro atoms. The van der Waals surface area contributed by atoms with E-state index in [2.05, 4.69) is 78.8 Å². The fourth-order valence-electron chi connectivity index (χ4n) is 5.13. The lowest BCUT2D eigenvalue weighted by Gasteiger charge is -2.29. The van der Waals surface area contributed by atoms with Crippen LogP contribution in [-0.2, 0) is 23.9 Å². The van der Waals surface area contributed by atoms with Gasteiger partial charge in [-0.05, 0) is 127 Å². The van der Waals surface area contributed by atoms with Crippen LogP contribution in [0, 0.1) is 0 Å². The van der Waals surface area contributed by atoms with Crippen LogP contribution < -0.4 is 37.2 Å². The number of hydrogen-bond donors (Lipinski definition) is 7. The number of carbonyl (C=O) groups excluding carboxylic acids is 3. The van der Waals surface area contributed by atoms with Gasteiger partial charge < -0.3 is 46.7 Å². The van der Waals surface area contributed by atoms with Crippen molar-refractivity contribution in [2.24, 2.45) is 0 Å². The van der Waals surface area contributed by atoms with Gasteiger partial charge in [-0.25, -0.2) is 0 Å². The lowest BCUT2D eigenvalue weighted by atomic mass is 10.0. The molecule has 0 aromatic carbocycles. The Hall–Kier alpha value is -1.83. The van der Waals surface area contributed by atoms with Crippen LogP contribution in [0.5, 0.6) is 0 Å². The molecule has 284 valence electrons. The van der Waals surface area contributed by atoms with Crippen molar-refractivity contribution in [1.29, 1.82) is 0 Å². The largest absolute Gasteiger partial charge is 0.382 e. The Morgan fingerprint density at radius 2 is 1.02 bits per heavy atom. The van der Waals surface area contributed by atoms with Gasteiger partial charge in [-0.3, -0.25) is 14.4 Å². The van der Waals surface area contributed by atoms with Gasteiger partial charge in [-0.1, -0.05) is 12.8 Å². The van der Waals surface area contributed by atoms with Gasteiger partial charge in [0.15, 0.2) is 0 Å². The standard InChI is InChI=1S/C36H75N7O5/c1-34(2,3)40-23-17-14-20-30(43-36(7,8)9)33(46)41-28(31(44)39-24-25-48-27-26-47-11)18-13-16-22-38-32(45)29(42-35(4,5)6)19-12-15-21-37-10/h28-30,37,40,42-43H,12-27H2,1-11H3,(H,38,45)(H,39,44)(H,41,46). The molecule has 3 atom stereocenters. The molecule has 3 amide bonds. The summed E-state index contributed by atoms with van der Waals surface area (Å²) in [7, 11) is 3.55. The van der Waals surface area contributed by atoms with Gasteiger partial charge in [-0.2, -0.15) is 0 Å². The predicted octanol–water partition coefficient (Wildman–Crippen LogP) is 3.00. The molecule has 48 heavy (non-hydrogen) atoms. The number of amides is 3. The summed E-state index contributed by atoms with van der Waals surface area (Å²) in [5.41, 5.74) is -0.398.